The molecule has 0 radical (unpaired) electrons. The van der Waals surface area contributed by atoms with Crippen molar-refractivity contribution >= 4 is 45.2 Å². The average molecular weight is 685 g/mol. The maximum atomic E-state index is 14.0. The van der Waals surface area contributed by atoms with Crippen molar-refractivity contribution in [1.82, 2.24) is 9.47 Å². The van der Waals surface area contributed by atoms with Crippen LogP contribution < -0.4 is 24.4 Å². The zero-order chi connectivity index (χ0) is 31.2. The van der Waals surface area contributed by atoms with Crippen LogP contribution >= 0.6 is 27.3 Å². The van der Waals surface area contributed by atoms with Gasteiger partial charge in [-0.05, 0) is 70.7 Å². The molecule has 1 amide bonds. The van der Waals surface area contributed by atoms with Gasteiger partial charge in [0.25, 0.3) is 11.5 Å². The van der Waals surface area contributed by atoms with E-state index in [1.807, 2.05) is 31.2 Å². The Labute approximate surface area is 267 Å². The highest BCUT2D eigenvalue weighted by Gasteiger charge is 2.34. The summed E-state index contributed by atoms with van der Waals surface area (Å²) in [6.45, 7) is 6.12. The number of carbonyl (C=O) groups is 2. The Hall–Kier alpha value is -3.74. The molecule has 12 heteroatoms. The molecule has 0 unspecified atom stereocenters. The number of nitrogens with zero attached hydrogens (tertiary/aromatic N) is 3. The maximum Gasteiger partial charge on any atom is 0.338 e. The topological polar surface area (TPSA) is 109 Å². The van der Waals surface area contributed by atoms with Gasteiger partial charge in [-0.15, -0.1) is 0 Å². The summed E-state index contributed by atoms with van der Waals surface area (Å²) in [6.07, 6.45) is 3.12. The first-order chi connectivity index (χ1) is 21.3. The maximum absolute atomic E-state index is 14.0. The smallest absolute Gasteiger partial charge is 0.338 e. The van der Waals surface area contributed by atoms with Crippen molar-refractivity contribution in [3.8, 4) is 11.5 Å². The van der Waals surface area contributed by atoms with E-state index < -0.39 is 12.0 Å². The molecule has 2 aromatic carbocycles. The van der Waals surface area contributed by atoms with E-state index in [0.29, 0.717) is 69.3 Å². The molecule has 5 rings (SSSR count). The molecule has 2 aliphatic heterocycles. The monoisotopic (exact) mass is 683 g/mol. The third-order valence-electron chi connectivity index (χ3n) is 7.29. The molecule has 0 aliphatic carbocycles. The molecule has 0 bridgehead atoms. The zero-order valence-corrected chi connectivity index (χ0v) is 27.2. The predicted molar refractivity (Wildman–Crippen MR) is 170 cm³/mol. The highest BCUT2D eigenvalue weighted by molar-refractivity contribution is 9.10. The van der Waals surface area contributed by atoms with Crippen LogP contribution in [0, 0.1) is 0 Å². The Morgan fingerprint density at radius 2 is 1.89 bits per heavy atom. The number of fused-ring (bicyclic) bond motifs is 1. The van der Waals surface area contributed by atoms with Crippen LogP contribution in [-0.2, 0) is 19.1 Å². The molecule has 1 atom stereocenters. The van der Waals surface area contributed by atoms with Crippen molar-refractivity contribution in [2.75, 3.05) is 46.6 Å². The first-order valence-corrected chi connectivity index (χ1v) is 16.1. The van der Waals surface area contributed by atoms with E-state index in [9.17, 15) is 14.4 Å². The number of halogens is 1. The summed E-state index contributed by atoms with van der Waals surface area (Å²) in [5, 5.41) is 0. The zero-order valence-electron chi connectivity index (χ0n) is 24.8. The van der Waals surface area contributed by atoms with E-state index in [2.05, 4.69) is 15.9 Å². The standard InChI is InChI=1S/C32H34BrN3O7S/c1-4-6-24-28(31(39)42-5-2)29(21-9-12-25(40-3)23(33)18-21)36-30(38)26(44-32(36)34-24)17-20-7-10-22(11-8-20)43-19-27(37)35-13-15-41-16-14-35/h7-12,17-18,29H,4-6,13-16,19H2,1-3H3/b26-17+/t29-/m0/s1. The molecule has 0 spiro atoms. The number of benzene rings is 2. The third kappa shape index (κ3) is 6.82. The number of rotatable bonds is 10. The van der Waals surface area contributed by atoms with Gasteiger partial charge in [-0.3, -0.25) is 14.2 Å². The quantitative estimate of drug-likeness (QED) is 0.301. The van der Waals surface area contributed by atoms with Crippen LogP contribution in [0.4, 0.5) is 0 Å². The number of carbonyl (C=O) groups excluding carboxylic acids is 2. The minimum Gasteiger partial charge on any atom is -0.496 e. The lowest BCUT2D eigenvalue weighted by atomic mass is 9.94. The number of morpholine rings is 1. The number of methoxy groups -OCH3 is 1. The molecule has 1 saturated heterocycles. The molecular weight excluding hydrogens is 650 g/mol. The Bertz CT molecular complexity index is 1740. The van der Waals surface area contributed by atoms with Crippen LogP contribution in [0.25, 0.3) is 6.08 Å². The van der Waals surface area contributed by atoms with Gasteiger partial charge in [0.15, 0.2) is 11.4 Å². The van der Waals surface area contributed by atoms with Gasteiger partial charge in [-0.1, -0.05) is 42.9 Å². The SMILES string of the molecule is CCCC1=C(C(=O)OCC)[C@H](c2ccc(OC)c(Br)c2)n2c(s/c(=C/c3ccc(OCC(=O)N4CCOCC4)cc3)c2=O)=N1. The number of hydrogen-bond donors (Lipinski definition) is 0. The van der Waals surface area contributed by atoms with E-state index in [1.54, 1.807) is 47.8 Å². The van der Waals surface area contributed by atoms with Gasteiger partial charge in [0.1, 0.15) is 11.5 Å². The first kappa shape index (κ1) is 31.7. The number of amides is 1. The van der Waals surface area contributed by atoms with Crippen LogP contribution in [0.3, 0.4) is 0 Å². The first-order valence-electron chi connectivity index (χ1n) is 14.5. The summed E-state index contributed by atoms with van der Waals surface area (Å²) in [5.74, 6) is 0.614. The number of aromatic nitrogens is 1. The van der Waals surface area contributed by atoms with E-state index in [4.69, 9.17) is 23.9 Å². The highest BCUT2D eigenvalue weighted by Crippen LogP contribution is 2.36. The van der Waals surface area contributed by atoms with Gasteiger partial charge in [0.05, 0.1) is 53.2 Å². The third-order valence-corrected chi connectivity index (χ3v) is 8.89. The fourth-order valence-electron chi connectivity index (χ4n) is 5.15. The molecule has 232 valence electrons. The van der Waals surface area contributed by atoms with Crippen molar-refractivity contribution in [2.24, 2.45) is 4.99 Å². The highest BCUT2D eigenvalue weighted by atomic mass is 79.9. The molecule has 2 aliphatic rings. The van der Waals surface area contributed by atoms with Crippen molar-refractivity contribution in [3.63, 3.8) is 0 Å². The predicted octanol–water partition coefficient (Wildman–Crippen LogP) is 3.59. The molecule has 1 fully saturated rings. The number of ether oxygens (including phenoxy) is 4. The van der Waals surface area contributed by atoms with E-state index in [1.165, 1.54) is 11.3 Å². The molecule has 10 nitrogen and oxygen atoms in total. The summed E-state index contributed by atoms with van der Waals surface area (Å²) in [6, 6.07) is 12.0. The molecular formula is C32H34BrN3O7S. The second-order valence-corrected chi connectivity index (χ2v) is 12.0. The Morgan fingerprint density at radius 1 is 1.14 bits per heavy atom. The Kier molecular flexibility index (Phi) is 10.3. The van der Waals surface area contributed by atoms with Crippen LogP contribution in [0.1, 0.15) is 43.9 Å². The molecule has 44 heavy (non-hydrogen) atoms. The average Bonchev–Trinajstić information content (AvgIpc) is 3.34. The van der Waals surface area contributed by atoms with Crippen LogP contribution in [0.15, 0.2) is 68.0 Å². The number of allylic oxidation sites excluding steroid dienone is 1. The summed E-state index contributed by atoms with van der Waals surface area (Å²) in [5.41, 5.74) is 2.22. The fourth-order valence-corrected chi connectivity index (χ4v) is 6.73. The van der Waals surface area contributed by atoms with Gasteiger partial charge in [-0.2, -0.15) is 0 Å². The molecule has 3 aromatic rings. The van der Waals surface area contributed by atoms with Crippen molar-refractivity contribution in [1.29, 1.82) is 0 Å². The molecule has 0 saturated carbocycles. The van der Waals surface area contributed by atoms with Gasteiger partial charge >= 0.3 is 5.97 Å². The number of thiazole rings is 1. The second-order valence-electron chi connectivity index (χ2n) is 10.2. The lowest BCUT2D eigenvalue weighted by Crippen LogP contribution is -2.42. The van der Waals surface area contributed by atoms with Crippen LogP contribution in [-0.4, -0.2) is 68.0 Å². The van der Waals surface area contributed by atoms with Crippen LogP contribution in [0.2, 0.25) is 0 Å². The summed E-state index contributed by atoms with van der Waals surface area (Å²) in [7, 11) is 1.58. The Balaban J connectivity index is 1.50. The van der Waals surface area contributed by atoms with Crippen molar-refractivity contribution in [3.05, 3.63) is 89.0 Å². The summed E-state index contributed by atoms with van der Waals surface area (Å²) in [4.78, 5) is 46.8. The minimum atomic E-state index is -0.726. The number of hydrogen-bond acceptors (Lipinski definition) is 9. The fraction of sp³-hybridized carbons (Fsp3) is 0.375. The Morgan fingerprint density at radius 3 is 2.55 bits per heavy atom. The van der Waals surface area contributed by atoms with E-state index in [0.717, 1.165) is 17.5 Å². The lowest BCUT2D eigenvalue weighted by Gasteiger charge is -2.26. The molecule has 0 N–H and O–H groups in total. The summed E-state index contributed by atoms with van der Waals surface area (Å²) >= 11 is 4.82. The van der Waals surface area contributed by atoms with Gasteiger partial charge in [0.2, 0.25) is 0 Å². The van der Waals surface area contributed by atoms with Gasteiger partial charge in [0, 0.05) is 13.1 Å². The summed E-state index contributed by atoms with van der Waals surface area (Å²) < 4.78 is 24.6. The van der Waals surface area contributed by atoms with E-state index >= 15 is 0 Å². The van der Waals surface area contributed by atoms with Gasteiger partial charge in [-0.25, -0.2) is 9.79 Å². The van der Waals surface area contributed by atoms with Crippen molar-refractivity contribution < 1.29 is 28.5 Å². The molecule has 3 heterocycles. The van der Waals surface area contributed by atoms with Gasteiger partial charge < -0.3 is 23.8 Å². The van der Waals surface area contributed by atoms with Crippen LogP contribution in [0.5, 0.6) is 11.5 Å². The van der Waals surface area contributed by atoms with Crippen molar-refractivity contribution in [2.45, 2.75) is 32.7 Å². The largest absolute Gasteiger partial charge is 0.496 e. The lowest BCUT2D eigenvalue weighted by molar-refractivity contribution is -0.139. The minimum absolute atomic E-state index is 0.0533. The van der Waals surface area contributed by atoms with E-state index in [-0.39, 0.29) is 24.7 Å². The molecule has 1 aromatic heterocycles. The normalized spacial score (nSPS) is 16.8. The number of esters is 1. The second kappa shape index (κ2) is 14.4.